The van der Waals surface area contributed by atoms with Crippen LogP contribution in [-0.4, -0.2) is 29.3 Å². The van der Waals surface area contributed by atoms with Crippen LogP contribution in [0.15, 0.2) is 60.7 Å². The van der Waals surface area contributed by atoms with E-state index >= 15 is 0 Å². The molecule has 0 saturated carbocycles. The fourth-order valence-corrected chi connectivity index (χ4v) is 3.69. The Morgan fingerprint density at radius 2 is 1.79 bits per heavy atom. The first-order chi connectivity index (χ1) is 14.2. The van der Waals surface area contributed by atoms with Gasteiger partial charge in [0, 0.05) is 30.0 Å². The second kappa shape index (κ2) is 8.84. The number of rotatable bonds is 6. The van der Waals surface area contributed by atoms with E-state index < -0.39 is 5.91 Å². The highest BCUT2D eigenvalue weighted by atomic mass is 16.5. The molecule has 4 rings (SSSR count). The monoisotopic (exact) mass is 388 g/mol. The molecule has 0 unspecified atom stereocenters. The topological polar surface area (TPSA) is 90.1 Å². The van der Waals surface area contributed by atoms with Gasteiger partial charge in [-0.1, -0.05) is 36.4 Å². The average molecular weight is 388 g/mol. The number of carbonyl (C=O) groups excluding carboxylic acids is 1. The van der Waals surface area contributed by atoms with E-state index in [-0.39, 0.29) is 0 Å². The van der Waals surface area contributed by atoms with Crippen molar-refractivity contribution in [3.8, 4) is 11.3 Å². The molecule has 3 N–H and O–H groups in total. The number of anilines is 2. The summed E-state index contributed by atoms with van der Waals surface area (Å²) in [6, 6.07) is 19.3. The van der Waals surface area contributed by atoms with Gasteiger partial charge in [-0.3, -0.25) is 4.79 Å². The number of amides is 1. The van der Waals surface area contributed by atoms with Crippen molar-refractivity contribution in [2.24, 2.45) is 11.7 Å². The molecular weight excluding hydrogens is 364 g/mol. The summed E-state index contributed by atoms with van der Waals surface area (Å²) >= 11 is 0. The highest BCUT2D eigenvalue weighted by Crippen LogP contribution is 2.29. The van der Waals surface area contributed by atoms with Crippen molar-refractivity contribution in [2.45, 2.75) is 19.3 Å². The molecule has 1 aromatic heterocycles. The number of nitrogens with one attached hydrogen (secondary N) is 1. The number of nitrogens with zero attached hydrogens (tertiary/aromatic N) is 2. The molecule has 1 amide bonds. The highest BCUT2D eigenvalue weighted by Gasteiger charge is 2.20. The predicted molar refractivity (Wildman–Crippen MR) is 113 cm³/mol. The Morgan fingerprint density at radius 1 is 1.00 bits per heavy atom. The lowest BCUT2D eigenvalue weighted by molar-refractivity contribution is 0.0665. The van der Waals surface area contributed by atoms with Gasteiger partial charge >= 0.3 is 0 Å². The Balaban J connectivity index is 1.59. The molecule has 1 aliphatic rings. The quantitative estimate of drug-likeness (QED) is 0.667. The smallest absolute Gasteiger partial charge is 0.249 e. The van der Waals surface area contributed by atoms with Gasteiger partial charge in [-0.05, 0) is 55.0 Å². The van der Waals surface area contributed by atoms with Crippen LogP contribution in [0.25, 0.3) is 11.3 Å². The third-order valence-corrected chi connectivity index (χ3v) is 5.27. The largest absolute Gasteiger partial charge is 0.381 e. The Morgan fingerprint density at radius 3 is 2.48 bits per heavy atom. The summed E-state index contributed by atoms with van der Waals surface area (Å²) in [5.41, 5.74) is 9.80. The second-order valence-electron chi connectivity index (χ2n) is 7.25. The van der Waals surface area contributed by atoms with E-state index in [1.54, 1.807) is 6.07 Å². The maximum absolute atomic E-state index is 12.0. The molecule has 6 nitrogen and oxygen atoms in total. The lowest BCUT2D eigenvalue weighted by atomic mass is 9.89. The summed E-state index contributed by atoms with van der Waals surface area (Å²) < 4.78 is 5.46. The number of carbonyl (C=O) groups is 1. The zero-order chi connectivity index (χ0) is 20.1. The van der Waals surface area contributed by atoms with E-state index in [1.165, 1.54) is 0 Å². The highest BCUT2D eigenvalue weighted by molar-refractivity contribution is 5.96. The van der Waals surface area contributed by atoms with Gasteiger partial charge in [0.2, 0.25) is 5.91 Å². The Bertz CT molecular complexity index is 968. The summed E-state index contributed by atoms with van der Waals surface area (Å²) in [7, 11) is 0. The van der Waals surface area contributed by atoms with Crippen LogP contribution in [0.5, 0.6) is 0 Å². The zero-order valence-electron chi connectivity index (χ0n) is 16.2. The van der Waals surface area contributed by atoms with Gasteiger partial charge in [0.25, 0.3) is 0 Å². The Labute approximate surface area is 170 Å². The van der Waals surface area contributed by atoms with Gasteiger partial charge in [-0.2, -0.15) is 0 Å². The molecule has 3 aromatic rings. The molecule has 0 radical (unpaired) electrons. The van der Waals surface area contributed by atoms with Gasteiger partial charge in [-0.15, -0.1) is 10.2 Å². The lowest BCUT2D eigenvalue weighted by Gasteiger charge is -2.24. The van der Waals surface area contributed by atoms with Crippen molar-refractivity contribution >= 4 is 17.4 Å². The van der Waals surface area contributed by atoms with Crippen LogP contribution < -0.4 is 11.1 Å². The van der Waals surface area contributed by atoms with Crippen molar-refractivity contribution in [2.75, 3.05) is 18.5 Å². The molecule has 0 spiro atoms. The molecule has 6 heteroatoms. The van der Waals surface area contributed by atoms with Crippen LogP contribution in [0.2, 0.25) is 0 Å². The standard InChI is InChI=1S/C23H24N4O2/c24-23(28)18-7-4-8-21(19(18)15-16-11-13-29-14-12-16)25-22-10-9-20(26-27-22)17-5-2-1-3-6-17/h1-10,16H,11-15H2,(H2,24,28)(H,25,27). The number of nitrogens with two attached hydrogens (primary N) is 1. The first-order valence-electron chi connectivity index (χ1n) is 9.86. The summed E-state index contributed by atoms with van der Waals surface area (Å²) in [6.45, 7) is 1.52. The summed E-state index contributed by atoms with van der Waals surface area (Å²) in [4.78, 5) is 12.0. The SMILES string of the molecule is NC(=O)c1cccc(Nc2ccc(-c3ccccc3)nn2)c1CC1CCOCC1. The first kappa shape index (κ1) is 19.1. The fraction of sp³-hybridized carbons (Fsp3) is 0.261. The van der Waals surface area contributed by atoms with Crippen LogP contribution in [0.3, 0.4) is 0 Å². The number of primary amides is 1. The summed E-state index contributed by atoms with van der Waals surface area (Å²) in [5.74, 6) is 0.678. The van der Waals surface area contributed by atoms with Crippen molar-refractivity contribution in [3.63, 3.8) is 0 Å². The second-order valence-corrected chi connectivity index (χ2v) is 7.25. The molecule has 0 bridgehead atoms. The Hall–Kier alpha value is -3.25. The number of hydrogen-bond donors (Lipinski definition) is 2. The minimum Gasteiger partial charge on any atom is -0.381 e. The molecule has 148 valence electrons. The van der Waals surface area contributed by atoms with E-state index in [4.69, 9.17) is 10.5 Å². The van der Waals surface area contributed by atoms with Crippen molar-refractivity contribution in [1.29, 1.82) is 0 Å². The van der Waals surface area contributed by atoms with Crippen LogP contribution in [-0.2, 0) is 11.2 Å². The van der Waals surface area contributed by atoms with Crippen molar-refractivity contribution in [1.82, 2.24) is 10.2 Å². The summed E-state index contributed by atoms with van der Waals surface area (Å²) in [5, 5.41) is 12.0. The van der Waals surface area contributed by atoms with E-state index in [0.717, 1.165) is 55.0 Å². The number of aromatic nitrogens is 2. The van der Waals surface area contributed by atoms with E-state index in [1.807, 2.05) is 54.6 Å². The zero-order valence-corrected chi connectivity index (χ0v) is 16.2. The maximum Gasteiger partial charge on any atom is 0.249 e. The van der Waals surface area contributed by atoms with Crippen molar-refractivity contribution in [3.05, 3.63) is 71.8 Å². The van der Waals surface area contributed by atoms with Gasteiger partial charge < -0.3 is 15.8 Å². The van der Waals surface area contributed by atoms with Gasteiger partial charge in [0.15, 0.2) is 5.82 Å². The van der Waals surface area contributed by atoms with Crippen LogP contribution in [0.1, 0.15) is 28.8 Å². The molecule has 1 aliphatic heterocycles. The number of ether oxygens (including phenoxy) is 1. The Kier molecular flexibility index (Phi) is 5.81. The lowest BCUT2D eigenvalue weighted by Crippen LogP contribution is -2.21. The molecule has 2 aromatic carbocycles. The average Bonchev–Trinajstić information content (AvgIpc) is 2.76. The molecule has 1 saturated heterocycles. The van der Waals surface area contributed by atoms with Gasteiger partial charge in [0.1, 0.15) is 0 Å². The normalized spacial score (nSPS) is 14.5. The van der Waals surface area contributed by atoms with Crippen molar-refractivity contribution < 1.29 is 9.53 Å². The maximum atomic E-state index is 12.0. The molecule has 1 fully saturated rings. The minimum atomic E-state index is -0.416. The predicted octanol–water partition coefficient (Wildman–Crippen LogP) is 3.96. The molecule has 2 heterocycles. The third kappa shape index (κ3) is 4.60. The van der Waals surface area contributed by atoms with Crippen LogP contribution in [0, 0.1) is 5.92 Å². The fourth-order valence-electron chi connectivity index (χ4n) is 3.69. The van der Waals surface area contributed by atoms with Crippen LogP contribution in [0.4, 0.5) is 11.5 Å². The van der Waals surface area contributed by atoms with Gasteiger partial charge in [0.05, 0.1) is 5.69 Å². The molecule has 0 aliphatic carbocycles. The number of benzene rings is 2. The van der Waals surface area contributed by atoms with E-state index in [2.05, 4.69) is 15.5 Å². The van der Waals surface area contributed by atoms with E-state index in [0.29, 0.717) is 17.3 Å². The van der Waals surface area contributed by atoms with E-state index in [9.17, 15) is 4.79 Å². The molecule has 29 heavy (non-hydrogen) atoms. The molecular formula is C23H24N4O2. The molecule has 0 atom stereocenters. The van der Waals surface area contributed by atoms with Crippen LogP contribution >= 0.6 is 0 Å². The first-order valence-corrected chi connectivity index (χ1v) is 9.86. The summed E-state index contributed by atoms with van der Waals surface area (Å²) in [6.07, 6.45) is 2.75. The number of hydrogen-bond acceptors (Lipinski definition) is 5. The van der Waals surface area contributed by atoms with Gasteiger partial charge in [-0.25, -0.2) is 0 Å². The minimum absolute atomic E-state index is 0.416. The third-order valence-electron chi connectivity index (χ3n) is 5.27.